The van der Waals surface area contributed by atoms with E-state index in [1.165, 1.54) is 22.3 Å². The smallest absolute Gasteiger partial charge is 0.447 e. The fraction of sp³-hybridized carbons (Fsp3) is 0.542. The molecule has 4 fully saturated rings. The number of rotatable bonds is 10. The van der Waals surface area contributed by atoms with Gasteiger partial charge in [0.15, 0.2) is 0 Å². The maximum Gasteiger partial charge on any atom is 0.497 e. The van der Waals surface area contributed by atoms with E-state index in [1.54, 1.807) is 20.3 Å². The van der Waals surface area contributed by atoms with E-state index in [0.717, 1.165) is 107 Å². The Morgan fingerprint density at radius 2 is 1.32 bits per heavy atom. The molecule has 2 saturated carbocycles. The Kier molecular flexibility index (Phi) is 15.5. The standard InChI is InChI=1S/C23H27NO3.C19H20F3NO4S.C6H10O/c1-26-12-4-2-3-5-17-6-7-19-14-20(9-8-18(19)13-17)21-10-11-23(15-21)16-27-22(25)24-23;20-19(21,22)28(25,26)10-12-1-2-14-8-15(4-3-13(14)7-12)16-5-6-18(9-16)11-27-17(24)23-18;1-3-4-5-6-7-2/h8-9,13-14,21H,2,4,6-7,10-12,15-16H2,1H3,(H,24,25);3-4,7-8,16H,1-2,5-6,9-11H2,(H,23,24);1H,4-6H2,2H3/t21-,23+;16-,18+;/m00./s1. The average molecular weight is 879 g/mol. The Hall–Kier alpha value is -4.76. The van der Waals surface area contributed by atoms with Crippen LogP contribution in [0.25, 0.3) is 12.2 Å². The first-order chi connectivity index (χ1) is 29.7. The molecular weight excluding hydrogens is 822 g/mol. The summed E-state index contributed by atoms with van der Waals surface area (Å²) in [4.78, 5) is 22.8. The van der Waals surface area contributed by atoms with Crippen molar-refractivity contribution in [3.8, 4) is 24.2 Å². The second kappa shape index (κ2) is 20.6. The number of carbonyl (C=O) groups is 2. The molecule has 10 nitrogen and oxygen atoms in total. The number of ether oxygens (including phenoxy) is 4. The minimum Gasteiger partial charge on any atom is -0.447 e. The predicted octanol–water partition coefficient (Wildman–Crippen LogP) is 8.94. The van der Waals surface area contributed by atoms with Crippen molar-refractivity contribution in [2.45, 2.75) is 118 Å². The topological polar surface area (TPSA) is 129 Å². The third-order valence-electron chi connectivity index (χ3n) is 12.6. The zero-order chi connectivity index (χ0) is 44.4. The van der Waals surface area contributed by atoms with Crippen LogP contribution in [0.15, 0.2) is 47.5 Å². The number of aryl methyl sites for hydroxylation is 2. The average Bonchev–Trinajstić information content (AvgIpc) is 4.05. The van der Waals surface area contributed by atoms with E-state index in [2.05, 4.69) is 58.7 Å². The van der Waals surface area contributed by atoms with Crippen molar-refractivity contribution in [2.24, 2.45) is 0 Å². The largest absolute Gasteiger partial charge is 0.497 e. The van der Waals surface area contributed by atoms with Gasteiger partial charge in [0, 0.05) is 45.8 Å². The molecule has 334 valence electrons. The highest BCUT2D eigenvalue weighted by atomic mass is 32.2. The minimum absolute atomic E-state index is 0.136. The number of carbonyl (C=O) groups excluding carboxylic acids is 2. The molecule has 2 N–H and O–H groups in total. The van der Waals surface area contributed by atoms with E-state index in [9.17, 15) is 31.2 Å². The molecule has 4 aliphatic carbocycles. The number of benzene rings is 2. The monoisotopic (exact) mass is 878 g/mol. The number of hydrogen-bond acceptors (Lipinski definition) is 8. The maximum atomic E-state index is 12.6. The summed E-state index contributed by atoms with van der Waals surface area (Å²) >= 11 is 0. The minimum atomic E-state index is -5.23. The third-order valence-corrected chi connectivity index (χ3v) is 14.0. The molecule has 2 aromatic rings. The van der Waals surface area contributed by atoms with Crippen LogP contribution < -0.4 is 10.6 Å². The molecule has 2 spiro atoms. The molecule has 2 saturated heterocycles. The first-order valence-electron chi connectivity index (χ1n) is 21.4. The highest BCUT2D eigenvalue weighted by Crippen LogP contribution is 2.45. The van der Waals surface area contributed by atoms with Crippen molar-refractivity contribution in [3.63, 3.8) is 0 Å². The Bertz CT molecular complexity index is 2240. The number of terminal acetylenes is 1. The molecule has 2 amide bonds. The Morgan fingerprint density at radius 1 is 0.790 bits per heavy atom. The van der Waals surface area contributed by atoms with Crippen LogP contribution in [0.4, 0.5) is 22.8 Å². The lowest BCUT2D eigenvalue weighted by Gasteiger charge is -2.22. The van der Waals surface area contributed by atoms with Crippen LogP contribution in [0.3, 0.4) is 0 Å². The van der Waals surface area contributed by atoms with E-state index < -0.39 is 21.1 Å². The fourth-order valence-electron chi connectivity index (χ4n) is 9.22. The lowest BCUT2D eigenvalue weighted by molar-refractivity contribution is -0.0433. The molecule has 6 aliphatic rings. The second-order valence-electron chi connectivity index (χ2n) is 17.1. The van der Waals surface area contributed by atoms with Gasteiger partial charge in [-0.05, 0) is 128 Å². The van der Waals surface area contributed by atoms with Crippen molar-refractivity contribution in [3.05, 3.63) is 80.9 Å². The SMILES string of the molecule is C#CCCCOC.COCCCC#CC1=Cc2ccc([C@H]3CC[C@]4(COC(=O)N4)C3)cc2CC1.O=C1N[C@@]2(CC[C@H](c3ccc4c(c3)CCC(CS(=O)(=O)C(F)(F)F)=C4)C2)CO1. The molecule has 0 bridgehead atoms. The summed E-state index contributed by atoms with van der Waals surface area (Å²) in [5.41, 5.74) is 2.90. The molecule has 0 radical (unpaired) electrons. The maximum absolute atomic E-state index is 12.6. The summed E-state index contributed by atoms with van der Waals surface area (Å²) in [5, 5.41) is 5.95. The van der Waals surface area contributed by atoms with Crippen LogP contribution in [-0.4, -0.2) is 83.6 Å². The molecule has 62 heavy (non-hydrogen) atoms. The van der Waals surface area contributed by atoms with Crippen molar-refractivity contribution in [1.82, 2.24) is 10.6 Å². The number of halogens is 3. The number of allylic oxidation sites excluding steroid dienone is 1. The van der Waals surface area contributed by atoms with Gasteiger partial charge in [-0.25, -0.2) is 18.0 Å². The molecule has 0 aromatic heterocycles. The molecule has 2 aliphatic heterocycles. The van der Waals surface area contributed by atoms with Crippen molar-refractivity contribution >= 4 is 34.2 Å². The number of amides is 2. The first-order valence-corrected chi connectivity index (χ1v) is 23.1. The number of sulfone groups is 1. The summed E-state index contributed by atoms with van der Waals surface area (Å²) in [6, 6.07) is 12.7. The lowest BCUT2D eigenvalue weighted by Crippen LogP contribution is -2.40. The number of alkyl halides is 3. The van der Waals surface area contributed by atoms with Crippen LogP contribution in [0.5, 0.6) is 0 Å². The van der Waals surface area contributed by atoms with Crippen LogP contribution >= 0.6 is 0 Å². The number of cyclic esters (lactones) is 2. The summed E-state index contributed by atoms with van der Waals surface area (Å²) < 4.78 is 80.6. The molecule has 2 heterocycles. The van der Waals surface area contributed by atoms with Gasteiger partial charge < -0.3 is 29.6 Å². The second-order valence-corrected chi connectivity index (χ2v) is 19.1. The van der Waals surface area contributed by atoms with E-state index in [-0.39, 0.29) is 34.8 Å². The van der Waals surface area contributed by atoms with Gasteiger partial charge in [0.05, 0.1) is 16.8 Å². The van der Waals surface area contributed by atoms with Gasteiger partial charge in [-0.1, -0.05) is 59.9 Å². The number of unbranched alkanes of at least 4 members (excludes halogenated alkanes) is 2. The van der Waals surface area contributed by atoms with E-state index in [1.807, 2.05) is 12.1 Å². The van der Waals surface area contributed by atoms with Gasteiger partial charge in [0.2, 0.25) is 0 Å². The Balaban J connectivity index is 0.000000180. The molecular formula is C48H57F3N2O8S. The summed E-state index contributed by atoms with van der Waals surface area (Å²) in [5.74, 6) is 8.92. The van der Waals surface area contributed by atoms with E-state index >= 15 is 0 Å². The van der Waals surface area contributed by atoms with Crippen LogP contribution in [0.1, 0.15) is 122 Å². The highest BCUT2D eigenvalue weighted by Gasteiger charge is 2.48. The van der Waals surface area contributed by atoms with Gasteiger partial charge >= 0.3 is 17.7 Å². The number of hydrogen-bond donors (Lipinski definition) is 2. The number of alkyl carbamates (subject to hydrolysis) is 2. The molecule has 0 unspecified atom stereocenters. The number of methoxy groups -OCH3 is 2. The van der Waals surface area contributed by atoms with E-state index in [4.69, 9.17) is 25.4 Å². The zero-order valence-electron chi connectivity index (χ0n) is 35.6. The Morgan fingerprint density at radius 3 is 1.82 bits per heavy atom. The Labute approximate surface area is 363 Å². The molecule has 8 rings (SSSR count). The van der Waals surface area contributed by atoms with Gasteiger partial charge in [-0.2, -0.15) is 13.2 Å². The third kappa shape index (κ3) is 12.0. The van der Waals surface area contributed by atoms with Crippen molar-refractivity contribution in [2.75, 3.05) is 46.4 Å². The van der Waals surface area contributed by atoms with Gasteiger partial charge in [0.25, 0.3) is 9.84 Å². The predicted molar refractivity (Wildman–Crippen MR) is 232 cm³/mol. The highest BCUT2D eigenvalue weighted by molar-refractivity contribution is 7.92. The van der Waals surface area contributed by atoms with Gasteiger partial charge in [-0.3, -0.25) is 0 Å². The van der Waals surface area contributed by atoms with Crippen LogP contribution in [0.2, 0.25) is 0 Å². The summed E-state index contributed by atoms with van der Waals surface area (Å²) in [6.07, 6.45) is 20.4. The quantitative estimate of drug-likeness (QED) is 0.179. The summed E-state index contributed by atoms with van der Waals surface area (Å²) in [7, 11) is -1.75. The summed E-state index contributed by atoms with van der Waals surface area (Å²) in [6.45, 7) is 2.46. The van der Waals surface area contributed by atoms with E-state index in [0.29, 0.717) is 32.0 Å². The lowest BCUT2D eigenvalue weighted by atomic mass is 9.87. The van der Waals surface area contributed by atoms with Crippen molar-refractivity contribution in [1.29, 1.82) is 0 Å². The molecule has 2 aromatic carbocycles. The van der Waals surface area contributed by atoms with Gasteiger partial charge in [0.1, 0.15) is 13.2 Å². The normalized spacial score (nSPS) is 24.6. The first kappa shape index (κ1) is 46.7. The van der Waals surface area contributed by atoms with Gasteiger partial charge in [-0.15, -0.1) is 12.3 Å². The zero-order valence-corrected chi connectivity index (χ0v) is 36.4. The fourth-order valence-corrected chi connectivity index (χ4v) is 10.1. The van der Waals surface area contributed by atoms with Crippen molar-refractivity contribution < 1.29 is 50.1 Å². The molecule has 4 atom stereocenters. The number of fused-ring (bicyclic) bond motifs is 2. The van der Waals surface area contributed by atoms with Crippen LogP contribution in [0, 0.1) is 24.2 Å². The van der Waals surface area contributed by atoms with Crippen LogP contribution in [-0.2, 0) is 41.6 Å². The molecule has 14 heteroatoms. The number of nitrogens with one attached hydrogen (secondary N) is 2.